The Bertz CT molecular complexity index is 2680. The molecule has 4 aliphatic rings. The first-order valence-electron chi connectivity index (χ1n) is 26.7. The summed E-state index contributed by atoms with van der Waals surface area (Å²) in [5.74, 6) is -4.21. The van der Waals surface area contributed by atoms with Gasteiger partial charge < -0.3 is 71.1 Å². The maximum absolute atomic E-state index is 14.2. The number of esters is 2. The van der Waals surface area contributed by atoms with Crippen molar-refractivity contribution in [3.05, 3.63) is 154 Å². The Labute approximate surface area is 466 Å². The number of fused-ring (bicyclic) bond motifs is 1. The van der Waals surface area contributed by atoms with Crippen molar-refractivity contribution in [2.45, 2.75) is 184 Å². The standard InChI is InChI=1S/C58H73N3O18Si/c1-35(62)71-50-45(70-33-39-28-20-13-21-29-39)47(79-80(8,9)57(2,3)4)49(53(65)66-7)76-55(50)73-42-40(34-67-30-36-22-14-10-15-23-36)72-54(41(60-61-59)43(42)68-31-37-24-16-11-17-25-37)74-46-44(69-32-38-26-18-12-19-27-38)51-56(75-48(46)52(63)64)78-58(5,6)77-51/h10-29,40-51,54-56H,30-34H2,1-9H3,(H,63,64)/t40-,41-,42-,43-,44+,45+,46+,47+,48-,49-,50-,51-,54-,55-,56-/m1/s1. The summed E-state index contributed by atoms with van der Waals surface area (Å²) in [6.45, 7) is 14.4. The molecule has 22 heteroatoms. The Balaban J connectivity index is 1.23. The van der Waals surface area contributed by atoms with Gasteiger partial charge in [0, 0.05) is 11.8 Å². The van der Waals surface area contributed by atoms with Crippen LogP contribution in [0.5, 0.6) is 0 Å². The number of methoxy groups -OCH3 is 1. The first-order valence-corrected chi connectivity index (χ1v) is 29.6. The van der Waals surface area contributed by atoms with Crippen molar-refractivity contribution in [2.75, 3.05) is 13.7 Å². The molecular weight excluding hydrogens is 1050 g/mol. The number of hydrogen-bond donors (Lipinski definition) is 1. The molecule has 4 saturated heterocycles. The number of hydrogen-bond acceptors (Lipinski definition) is 18. The number of carbonyl (C=O) groups is 3. The predicted octanol–water partition coefficient (Wildman–Crippen LogP) is 8.31. The number of rotatable bonds is 23. The molecule has 4 aromatic rings. The average Bonchev–Trinajstić information content (AvgIpc) is 3.75. The summed E-state index contributed by atoms with van der Waals surface area (Å²) in [6, 6.07) is 35.5. The first kappa shape index (κ1) is 60.4. The molecule has 1 N–H and O–H groups in total. The van der Waals surface area contributed by atoms with Crippen LogP contribution in [0.25, 0.3) is 10.4 Å². The van der Waals surface area contributed by atoms with Gasteiger partial charge >= 0.3 is 17.9 Å². The zero-order valence-electron chi connectivity index (χ0n) is 46.5. The van der Waals surface area contributed by atoms with Gasteiger partial charge in [0.05, 0.1) is 40.1 Å². The number of carboxylic acids is 1. The lowest BCUT2D eigenvalue weighted by molar-refractivity contribution is -0.362. The summed E-state index contributed by atoms with van der Waals surface area (Å²) in [5.41, 5.74) is 13.5. The van der Waals surface area contributed by atoms with Crippen molar-refractivity contribution in [3.8, 4) is 0 Å². The van der Waals surface area contributed by atoms with Crippen LogP contribution in [-0.4, -0.2) is 143 Å². The highest BCUT2D eigenvalue weighted by Gasteiger charge is 2.61. The van der Waals surface area contributed by atoms with Gasteiger partial charge in [-0.1, -0.05) is 147 Å². The molecule has 0 bridgehead atoms. The largest absolute Gasteiger partial charge is 0.479 e. The van der Waals surface area contributed by atoms with Gasteiger partial charge in [0.2, 0.25) is 0 Å². The number of carboxylic acid groups (broad SMARTS) is 1. The smallest absolute Gasteiger partial charge is 0.337 e. The van der Waals surface area contributed by atoms with E-state index in [0.717, 1.165) is 16.7 Å². The third-order valence-corrected chi connectivity index (χ3v) is 19.1. The van der Waals surface area contributed by atoms with Crippen LogP contribution < -0.4 is 0 Å². The molecule has 4 fully saturated rings. The second kappa shape index (κ2) is 26.9. The van der Waals surface area contributed by atoms with E-state index in [-0.39, 0.29) is 38.1 Å². The van der Waals surface area contributed by atoms with Gasteiger partial charge in [-0.15, -0.1) is 0 Å². The average molecular weight is 1130 g/mol. The van der Waals surface area contributed by atoms with Crippen LogP contribution in [0.4, 0.5) is 0 Å². The van der Waals surface area contributed by atoms with Gasteiger partial charge in [-0.05, 0) is 59.8 Å². The Morgan fingerprint density at radius 3 is 1.66 bits per heavy atom. The number of azide groups is 1. The van der Waals surface area contributed by atoms with Crippen LogP contribution in [0.3, 0.4) is 0 Å². The molecule has 0 aromatic heterocycles. The maximum atomic E-state index is 14.2. The molecule has 0 aliphatic carbocycles. The molecule has 0 radical (unpaired) electrons. The highest BCUT2D eigenvalue weighted by Crippen LogP contribution is 2.44. The molecule has 432 valence electrons. The minimum Gasteiger partial charge on any atom is -0.479 e. The van der Waals surface area contributed by atoms with Crippen molar-refractivity contribution in [1.82, 2.24) is 0 Å². The molecule has 4 aromatic carbocycles. The van der Waals surface area contributed by atoms with Crippen LogP contribution >= 0.6 is 0 Å². The lowest BCUT2D eigenvalue weighted by Gasteiger charge is -2.51. The molecule has 21 nitrogen and oxygen atoms in total. The quantitative estimate of drug-likeness (QED) is 0.0241. The van der Waals surface area contributed by atoms with E-state index in [9.17, 15) is 25.0 Å². The monoisotopic (exact) mass is 1130 g/mol. The highest BCUT2D eigenvalue weighted by molar-refractivity contribution is 6.74. The van der Waals surface area contributed by atoms with E-state index in [4.69, 9.17) is 66.0 Å². The van der Waals surface area contributed by atoms with Gasteiger partial charge in [-0.2, -0.15) is 0 Å². The zero-order chi connectivity index (χ0) is 57.2. The second-order valence-electron chi connectivity index (χ2n) is 22.0. The van der Waals surface area contributed by atoms with Crippen molar-refractivity contribution < 1.29 is 85.5 Å². The van der Waals surface area contributed by atoms with Gasteiger partial charge in [0.25, 0.3) is 0 Å². The number of aliphatic carboxylic acids is 1. The van der Waals surface area contributed by atoms with Crippen LogP contribution in [-0.2, 0) is 107 Å². The van der Waals surface area contributed by atoms with Gasteiger partial charge in [-0.25, -0.2) is 9.59 Å². The summed E-state index contributed by atoms with van der Waals surface area (Å²) >= 11 is 0. The minimum atomic E-state index is -2.82. The molecular formula is C58H73N3O18Si. The Morgan fingerprint density at radius 1 is 0.650 bits per heavy atom. The van der Waals surface area contributed by atoms with Gasteiger partial charge in [0.15, 0.2) is 51.3 Å². The Morgan fingerprint density at radius 2 is 1.16 bits per heavy atom. The number of benzene rings is 4. The summed E-state index contributed by atoms with van der Waals surface area (Å²) in [7, 11) is -1.60. The fourth-order valence-corrected chi connectivity index (χ4v) is 11.0. The molecule has 15 atom stereocenters. The third kappa shape index (κ3) is 15.1. The van der Waals surface area contributed by atoms with Crippen LogP contribution in [0.15, 0.2) is 126 Å². The maximum Gasteiger partial charge on any atom is 0.337 e. The molecule has 0 saturated carbocycles. The lowest BCUT2D eigenvalue weighted by Crippen LogP contribution is -2.68. The normalized spacial score (nSPS) is 30.3. The van der Waals surface area contributed by atoms with Crippen molar-refractivity contribution in [2.24, 2.45) is 5.11 Å². The van der Waals surface area contributed by atoms with Crippen LogP contribution in [0, 0.1) is 0 Å². The van der Waals surface area contributed by atoms with E-state index >= 15 is 0 Å². The van der Waals surface area contributed by atoms with E-state index < -0.39 is 124 Å². The Kier molecular flexibility index (Phi) is 20.4. The molecule has 8 rings (SSSR count). The second-order valence-corrected chi connectivity index (χ2v) is 26.7. The Hall–Kier alpha value is -5.66. The first-order chi connectivity index (χ1) is 38.3. The van der Waals surface area contributed by atoms with E-state index in [0.29, 0.717) is 5.56 Å². The van der Waals surface area contributed by atoms with E-state index in [1.807, 2.05) is 155 Å². The summed E-state index contributed by atoms with van der Waals surface area (Å²) in [4.78, 5) is 44.3. The molecule has 0 spiro atoms. The number of ether oxygens (including phenoxy) is 13. The number of carbonyl (C=O) groups excluding carboxylic acids is 2. The minimum absolute atomic E-state index is 0.00000755. The lowest BCUT2D eigenvalue weighted by atomic mass is 9.94. The van der Waals surface area contributed by atoms with E-state index in [1.54, 1.807) is 13.8 Å². The van der Waals surface area contributed by atoms with Crippen LogP contribution in [0.2, 0.25) is 18.1 Å². The zero-order valence-corrected chi connectivity index (χ0v) is 47.5. The summed E-state index contributed by atoms with van der Waals surface area (Å²) in [6.07, 6.45) is -19.5. The topological polar surface area (TPSA) is 249 Å². The third-order valence-electron chi connectivity index (χ3n) is 14.7. The fraction of sp³-hybridized carbons (Fsp3) is 0.534. The van der Waals surface area contributed by atoms with Crippen molar-refractivity contribution in [3.63, 3.8) is 0 Å². The van der Waals surface area contributed by atoms with E-state index in [2.05, 4.69) is 10.0 Å². The molecule has 80 heavy (non-hydrogen) atoms. The van der Waals surface area contributed by atoms with Crippen molar-refractivity contribution in [1.29, 1.82) is 0 Å². The summed E-state index contributed by atoms with van der Waals surface area (Å²) < 4.78 is 91.2. The molecule has 4 heterocycles. The van der Waals surface area contributed by atoms with E-state index in [1.165, 1.54) is 14.0 Å². The highest BCUT2D eigenvalue weighted by atomic mass is 28.4. The fourth-order valence-electron chi connectivity index (χ4n) is 9.73. The van der Waals surface area contributed by atoms with Crippen molar-refractivity contribution >= 4 is 26.2 Å². The predicted molar refractivity (Wildman–Crippen MR) is 287 cm³/mol. The SMILES string of the molecule is COC(=O)[C@@H]1O[C@@H](O[C@H]2[C@H](OCc3ccccc3)[C@@H](N=[N+]=[N-])[C@@H](O[C@H]3[C@H](OCc4ccccc4)[C@H]4OC(C)(C)O[C@H]4O[C@H]3C(=O)O)O[C@@H]2COCc2ccccc2)[C@H](OC(C)=O)[C@@H](OCc2ccccc2)[C@@H]1O[Si](C)(C)C(C)(C)C. The molecule has 0 unspecified atom stereocenters. The molecule has 0 amide bonds. The summed E-state index contributed by atoms with van der Waals surface area (Å²) in [5, 5.41) is 14.8. The van der Waals surface area contributed by atoms with Crippen LogP contribution in [0.1, 0.15) is 63.8 Å². The van der Waals surface area contributed by atoms with Gasteiger partial charge in [0.1, 0.15) is 54.9 Å². The molecule has 4 aliphatic heterocycles. The van der Waals surface area contributed by atoms with Gasteiger partial charge in [-0.3, -0.25) is 4.79 Å². The number of nitrogens with zero attached hydrogens (tertiary/aromatic N) is 3.